The lowest BCUT2D eigenvalue weighted by Gasteiger charge is -2.10. The van der Waals surface area contributed by atoms with Crippen LogP contribution in [-0.4, -0.2) is 6.21 Å². The van der Waals surface area contributed by atoms with Crippen molar-refractivity contribution in [3.8, 4) is 5.75 Å². The molecule has 0 unspecified atom stereocenters. The fourth-order valence-electron chi connectivity index (χ4n) is 2.15. The molecule has 2 nitrogen and oxygen atoms in total. The molecular formula is C20H15BrClNO. The maximum Gasteiger partial charge on any atom is 0.134 e. The van der Waals surface area contributed by atoms with Crippen molar-refractivity contribution in [2.75, 3.05) is 0 Å². The lowest BCUT2D eigenvalue weighted by molar-refractivity contribution is 0.304. The number of ether oxygens (including phenoxy) is 1. The fraction of sp³-hybridized carbons (Fsp3) is 0.0500. The molecule has 24 heavy (non-hydrogen) atoms. The van der Waals surface area contributed by atoms with Gasteiger partial charge in [-0.1, -0.05) is 48.0 Å². The quantitative estimate of drug-likeness (QED) is 0.452. The summed E-state index contributed by atoms with van der Waals surface area (Å²) in [7, 11) is 0. The Balaban J connectivity index is 1.69. The van der Waals surface area contributed by atoms with Crippen molar-refractivity contribution in [1.82, 2.24) is 0 Å². The van der Waals surface area contributed by atoms with Gasteiger partial charge in [0.05, 0.1) is 10.2 Å². The summed E-state index contributed by atoms with van der Waals surface area (Å²) in [6.45, 7) is 0.426. The first-order chi connectivity index (χ1) is 11.7. The van der Waals surface area contributed by atoms with Gasteiger partial charge in [0.15, 0.2) is 0 Å². The van der Waals surface area contributed by atoms with Crippen molar-refractivity contribution >= 4 is 39.4 Å². The molecule has 0 saturated carbocycles. The highest BCUT2D eigenvalue weighted by Crippen LogP contribution is 2.27. The minimum Gasteiger partial charge on any atom is -0.488 e. The average Bonchev–Trinajstić information content (AvgIpc) is 2.61. The van der Waals surface area contributed by atoms with Crippen molar-refractivity contribution in [3.63, 3.8) is 0 Å². The molecule has 0 radical (unpaired) electrons. The normalized spacial score (nSPS) is 10.9. The summed E-state index contributed by atoms with van der Waals surface area (Å²) in [5.41, 5.74) is 2.88. The molecule has 3 aromatic carbocycles. The van der Waals surface area contributed by atoms with E-state index in [1.54, 1.807) is 0 Å². The topological polar surface area (TPSA) is 21.6 Å². The summed E-state index contributed by atoms with van der Waals surface area (Å²) in [6, 6.07) is 23.4. The first kappa shape index (κ1) is 16.7. The van der Waals surface area contributed by atoms with E-state index >= 15 is 0 Å². The van der Waals surface area contributed by atoms with E-state index in [9.17, 15) is 0 Å². The predicted octanol–water partition coefficient (Wildman–Crippen LogP) is 6.43. The highest BCUT2D eigenvalue weighted by Gasteiger charge is 2.04. The Morgan fingerprint density at radius 2 is 1.71 bits per heavy atom. The van der Waals surface area contributed by atoms with E-state index < -0.39 is 0 Å². The van der Waals surface area contributed by atoms with Crippen molar-refractivity contribution in [2.45, 2.75) is 6.61 Å². The van der Waals surface area contributed by atoms with Gasteiger partial charge in [-0.15, -0.1) is 0 Å². The van der Waals surface area contributed by atoms with E-state index in [1.165, 1.54) is 0 Å². The summed E-state index contributed by atoms with van der Waals surface area (Å²) in [5, 5.41) is 0.709. The van der Waals surface area contributed by atoms with Gasteiger partial charge in [0.25, 0.3) is 0 Å². The zero-order chi connectivity index (χ0) is 16.8. The largest absolute Gasteiger partial charge is 0.488 e. The lowest BCUT2D eigenvalue weighted by Crippen LogP contribution is -1.97. The Bertz CT molecular complexity index is 849. The van der Waals surface area contributed by atoms with E-state index in [-0.39, 0.29) is 0 Å². The molecule has 0 heterocycles. The lowest BCUT2D eigenvalue weighted by atomic mass is 10.2. The van der Waals surface area contributed by atoms with E-state index in [2.05, 4.69) is 20.9 Å². The van der Waals surface area contributed by atoms with E-state index in [0.29, 0.717) is 11.6 Å². The van der Waals surface area contributed by atoms with Gasteiger partial charge in [0.2, 0.25) is 0 Å². The van der Waals surface area contributed by atoms with Gasteiger partial charge >= 0.3 is 0 Å². The van der Waals surface area contributed by atoms with Gasteiger partial charge < -0.3 is 4.74 Å². The SMILES string of the molecule is Clc1ccccc1COc1ccc(C=Nc2ccccc2)cc1Br. The highest BCUT2D eigenvalue weighted by atomic mass is 79.9. The second-order valence-electron chi connectivity index (χ2n) is 5.16. The molecule has 0 spiro atoms. The summed E-state index contributed by atoms with van der Waals surface area (Å²) in [5.74, 6) is 0.770. The number of hydrogen-bond donors (Lipinski definition) is 0. The second-order valence-corrected chi connectivity index (χ2v) is 6.43. The van der Waals surface area contributed by atoms with Crippen LogP contribution >= 0.6 is 27.5 Å². The van der Waals surface area contributed by atoms with E-state index in [0.717, 1.165) is 27.0 Å². The van der Waals surface area contributed by atoms with E-state index in [4.69, 9.17) is 16.3 Å². The maximum absolute atomic E-state index is 6.15. The van der Waals surface area contributed by atoms with Crippen LogP contribution in [0, 0.1) is 0 Å². The first-order valence-electron chi connectivity index (χ1n) is 7.47. The van der Waals surface area contributed by atoms with Gasteiger partial charge in [-0.05, 0) is 57.9 Å². The number of rotatable bonds is 5. The van der Waals surface area contributed by atoms with Crippen LogP contribution in [0.25, 0.3) is 0 Å². The Morgan fingerprint density at radius 3 is 2.46 bits per heavy atom. The molecule has 0 N–H and O–H groups in total. The van der Waals surface area contributed by atoms with Crippen LogP contribution in [0.4, 0.5) is 5.69 Å². The molecule has 0 aromatic heterocycles. The standard InChI is InChI=1S/C20H15BrClNO/c21-18-12-15(13-23-17-7-2-1-3-8-17)10-11-20(18)24-14-16-6-4-5-9-19(16)22/h1-13H,14H2. The minimum atomic E-state index is 0.426. The van der Waals surface area contributed by atoms with Gasteiger partial charge in [0, 0.05) is 16.8 Å². The summed E-state index contributed by atoms with van der Waals surface area (Å²) in [6.07, 6.45) is 1.83. The highest BCUT2D eigenvalue weighted by molar-refractivity contribution is 9.10. The predicted molar refractivity (Wildman–Crippen MR) is 104 cm³/mol. The molecule has 0 bridgehead atoms. The molecule has 0 fully saturated rings. The van der Waals surface area contributed by atoms with Crippen LogP contribution in [0.3, 0.4) is 0 Å². The van der Waals surface area contributed by atoms with Crippen LogP contribution in [0.1, 0.15) is 11.1 Å². The molecule has 0 aliphatic carbocycles. The molecule has 3 aromatic rings. The number of nitrogens with zero attached hydrogens (tertiary/aromatic N) is 1. The van der Waals surface area contributed by atoms with Crippen LogP contribution in [0.5, 0.6) is 5.75 Å². The maximum atomic E-state index is 6.15. The van der Waals surface area contributed by atoms with Crippen LogP contribution in [0.15, 0.2) is 82.3 Å². The second kappa shape index (κ2) is 8.13. The Hall–Kier alpha value is -2.10. The van der Waals surface area contributed by atoms with Crippen molar-refractivity contribution in [2.24, 2.45) is 4.99 Å². The summed E-state index contributed by atoms with van der Waals surface area (Å²) >= 11 is 9.69. The average molecular weight is 401 g/mol. The molecule has 120 valence electrons. The van der Waals surface area contributed by atoms with Crippen molar-refractivity contribution in [1.29, 1.82) is 0 Å². The third-order valence-electron chi connectivity index (χ3n) is 3.42. The Labute approximate surface area is 154 Å². The molecular weight excluding hydrogens is 386 g/mol. The van der Waals surface area contributed by atoms with Crippen molar-refractivity contribution < 1.29 is 4.74 Å². The smallest absolute Gasteiger partial charge is 0.134 e. The number of aliphatic imine (C=N–C) groups is 1. The van der Waals surface area contributed by atoms with Gasteiger partial charge in [-0.25, -0.2) is 0 Å². The number of hydrogen-bond acceptors (Lipinski definition) is 2. The monoisotopic (exact) mass is 399 g/mol. The minimum absolute atomic E-state index is 0.426. The number of benzene rings is 3. The number of para-hydroxylation sites is 1. The summed E-state index contributed by atoms with van der Waals surface area (Å²) in [4.78, 5) is 4.45. The molecule has 0 amide bonds. The van der Waals surface area contributed by atoms with Crippen LogP contribution in [0.2, 0.25) is 5.02 Å². The van der Waals surface area contributed by atoms with Gasteiger partial charge in [0.1, 0.15) is 12.4 Å². The fourth-order valence-corrected chi connectivity index (χ4v) is 2.85. The van der Waals surface area contributed by atoms with Crippen LogP contribution in [-0.2, 0) is 6.61 Å². The molecule has 4 heteroatoms. The molecule has 0 aliphatic rings. The van der Waals surface area contributed by atoms with Gasteiger partial charge in [-0.2, -0.15) is 0 Å². The Kier molecular flexibility index (Phi) is 5.68. The van der Waals surface area contributed by atoms with Crippen LogP contribution < -0.4 is 4.74 Å². The zero-order valence-electron chi connectivity index (χ0n) is 12.8. The molecule has 0 atom stereocenters. The van der Waals surface area contributed by atoms with E-state index in [1.807, 2.05) is 79.0 Å². The summed E-state index contributed by atoms with van der Waals surface area (Å²) < 4.78 is 6.73. The third kappa shape index (κ3) is 4.47. The molecule has 0 saturated heterocycles. The molecule has 3 rings (SSSR count). The molecule has 0 aliphatic heterocycles. The third-order valence-corrected chi connectivity index (χ3v) is 4.40. The Morgan fingerprint density at radius 1 is 0.958 bits per heavy atom. The van der Waals surface area contributed by atoms with Crippen molar-refractivity contribution in [3.05, 3.63) is 93.4 Å². The zero-order valence-corrected chi connectivity index (χ0v) is 15.2. The van der Waals surface area contributed by atoms with Gasteiger partial charge in [-0.3, -0.25) is 4.99 Å². The first-order valence-corrected chi connectivity index (χ1v) is 8.64. The number of halogens is 2.